The van der Waals surface area contributed by atoms with Gasteiger partial charge >= 0.3 is 0 Å². The third kappa shape index (κ3) is 11.0. The summed E-state index contributed by atoms with van der Waals surface area (Å²) in [6, 6.07) is 0. The number of allylic oxidation sites excluding steroid dienone is 1. The van der Waals surface area contributed by atoms with Gasteiger partial charge in [-0.05, 0) is 57.8 Å². The van der Waals surface area contributed by atoms with Crippen molar-refractivity contribution in [2.24, 2.45) is 10.9 Å². The van der Waals surface area contributed by atoms with E-state index in [0.717, 1.165) is 51.3 Å². The van der Waals surface area contributed by atoms with Crippen LogP contribution in [0.5, 0.6) is 0 Å². The zero-order valence-electron chi connectivity index (χ0n) is 14.9. The SMILES string of the molecule is CCCC(CCO)CN=C(NCC)NCCC1=CCCCC1.I. The number of halogens is 1. The number of hydrogen-bond donors (Lipinski definition) is 3. The van der Waals surface area contributed by atoms with E-state index in [1.54, 1.807) is 5.57 Å². The molecule has 0 aromatic heterocycles. The van der Waals surface area contributed by atoms with Gasteiger partial charge in [0.25, 0.3) is 0 Å². The highest BCUT2D eigenvalue weighted by Gasteiger charge is 2.08. The van der Waals surface area contributed by atoms with Crippen LogP contribution in [0.3, 0.4) is 0 Å². The van der Waals surface area contributed by atoms with E-state index in [0.29, 0.717) is 5.92 Å². The lowest BCUT2D eigenvalue weighted by atomic mass is 9.97. The van der Waals surface area contributed by atoms with Gasteiger partial charge in [-0.25, -0.2) is 0 Å². The Morgan fingerprint density at radius 1 is 1.26 bits per heavy atom. The second kappa shape index (κ2) is 15.2. The number of hydrogen-bond acceptors (Lipinski definition) is 2. The van der Waals surface area contributed by atoms with Gasteiger partial charge < -0.3 is 15.7 Å². The molecule has 0 fully saturated rings. The van der Waals surface area contributed by atoms with Crippen LogP contribution < -0.4 is 10.6 Å². The van der Waals surface area contributed by atoms with Crippen molar-refractivity contribution in [2.75, 3.05) is 26.2 Å². The van der Waals surface area contributed by atoms with E-state index in [2.05, 4.69) is 30.6 Å². The fraction of sp³-hybridized carbons (Fsp3) is 0.833. The monoisotopic (exact) mass is 437 g/mol. The van der Waals surface area contributed by atoms with Crippen molar-refractivity contribution in [3.63, 3.8) is 0 Å². The molecule has 1 atom stereocenters. The van der Waals surface area contributed by atoms with Crippen molar-refractivity contribution < 1.29 is 5.11 Å². The molecule has 0 radical (unpaired) electrons. The van der Waals surface area contributed by atoms with Crippen LogP contribution >= 0.6 is 24.0 Å². The highest BCUT2D eigenvalue weighted by atomic mass is 127. The number of nitrogens with one attached hydrogen (secondary N) is 2. The quantitative estimate of drug-likeness (QED) is 0.211. The molecule has 0 bridgehead atoms. The molecule has 0 saturated heterocycles. The maximum Gasteiger partial charge on any atom is 0.191 e. The van der Waals surface area contributed by atoms with Crippen LogP contribution in [-0.4, -0.2) is 37.3 Å². The molecule has 136 valence electrons. The van der Waals surface area contributed by atoms with E-state index >= 15 is 0 Å². The van der Waals surface area contributed by atoms with Crippen LogP contribution in [0, 0.1) is 5.92 Å². The Bertz CT molecular complexity index is 339. The maximum absolute atomic E-state index is 9.13. The highest BCUT2D eigenvalue weighted by molar-refractivity contribution is 14.0. The van der Waals surface area contributed by atoms with Gasteiger partial charge in [0.2, 0.25) is 0 Å². The summed E-state index contributed by atoms with van der Waals surface area (Å²) in [7, 11) is 0. The summed E-state index contributed by atoms with van der Waals surface area (Å²) in [5.74, 6) is 1.41. The Morgan fingerprint density at radius 3 is 2.70 bits per heavy atom. The first-order chi connectivity index (χ1) is 10.8. The molecule has 1 aliphatic carbocycles. The Hall–Kier alpha value is -0.300. The topological polar surface area (TPSA) is 56.7 Å². The summed E-state index contributed by atoms with van der Waals surface area (Å²) in [6.07, 6.45) is 11.9. The Kier molecular flexibility index (Phi) is 15.0. The van der Waals surface area contributed by atoms with Crippen molar-refractivity contribution in [1.82, 2.24) is 10.6 Å². The molecule has 1 rings (SSSR count). The molecule has 0 heterocycles. The number of aliphatic imine (C=N–C) groups is 1. The van der Waals surface area contributed by atoms with E-state index < -0.39 is 0 Å². The summed E-state index contributed by atoms with van der Waals surface area (Å²) in [6.45, 7) is 7.18. The summed E-state index contributed by atoms with van der Waals surface area (Å²) in [4.78, 5) is 4.70. The first kappa shape index (κ1) is 22.7. The van der Waals surface area contributed by atoms with Crippen molar-refractivity contribution in [3.8, 4) is 0 Å². The van der Waals surface area contributed by atoms with Gasteiger partial charge in [0.1, 0.15) is 0 Å². The molecule has 0 amide bonds. The van der Waals surface area contributed by atoms with Crippen LogP contribution in [-0.2, 0) is 0 Å². The van der Waals surface area contributed by atoms with Gasteiger partial charge in [-0.1, -0.05) is 25.0 Å². The molecule has 23 heavy (non-hydrogen) atoms. The zero-order chi connectivity index (χ0) is 16.0. The van der Waals surface area contributed by atoms with E-state index in [1.165, 1.54) is 25.7 Å². The van der Waals surface area contributed by atoms with E-state index in [9.17, 15) is 0 Å². The van der Waals surface area contributed by atoms with Crippen LogP contribution in [0.2, 0.25) is 0 Å². The summed E-state index contributed by atoms with van der Waals surface area (Å²) in [5, 5.41) is 15.9. The second-order valence-electron chi connectivity index (χ2n) is 6.17. The van der Waals surface area contributed by atoms with Gasteiger partial charge in [-0.3, -0.25) is 4.99 Å². The number of aliphatic hydroxyl groups is 1. The number of rotatable bonds is 10. The first-order valence-corrected chi connectivity index (χ1v) is 9.11. The second-order valence-corrected chi connectivity index (χ2v) is 6.17. The molecule has 3 N–H and O–H groups in total. The molecule has 1 aliphatic rings. The number of nitrogens with zero attached hydrogens (tertiary/aromatic N) is 1. The minimum absolute atomic E-state index is 0. The molecule has 0 aromatic rings. The van der Waals surface area contributed by atoms with Gasteiger partial charge in [-0.15, -0.1) is 24.0 Å². The summed E-state index contributed by atoms with van der Waals surface area (Å²) >= 11 is 0. The number of guanidine groups is 1. The third-order valence-electron chi connectivity index (χ3n) is 4.21. The average Bonchev–Trinajstić information content (AvgIpc) is 2.54. The van der Waals surface area contributed by atoms with Crippen molar-refractivity contribution in [2.45, 2.75) is 65.2 Å². The molecule has 0 aliphatic heterocycles. The molecule has 0 spiro atoms. The molecule has 4 nitrogen and oxygen atoms in total. The Labute approximate surface area is 159 Å². The summed E-state index contributed by atoms with van der Waals surface area (Å²) < 4.78 is 0. The molecule has 1 unspecified atom stereocenters. The van der Waals surface area contributed by atoms with Crippen molar-refractivity contribution in [1.29, 1.82) is 0 Å². The third-order valence-corrected chi connectivity index (χ3v) is 4.21. The van der Waals surface area contributed by atoms with Crippen LogP contribution in [0.25, 0.3) is 0 Å². The van der Waals surface area contributed by atoms with E-state index in [4.69, 9.17) is 10.1 Å². The predicted octanol–water partition coefficient (Wildman–Crippen LogP) is 3.85. The lowest BCUT2D eigenvalue weighted by Crippen LogP contribution is -2.38. The first-order valence-electron chi connectivity index (χ1n) is 9.11. The lowest BCUT2D eigenvalue weighted by Gasteiger charge is -2.16. The minimum Gasteiger partial charge on any atom is -0.396 e. The van der Waals surface area contributed by atoms with Crippen molar-refractivity contribution in [3.05, 3.63) is 11.6 Å². The van der Waals surface area contributed by atoms with Gasteiger partial charge in [0.05, 0.1) is 0 Å². The molecule has 5 heteroatoms. The largest absolute Gasteiger partial charge is 0.396 e. The van der Waals surface area contributed by atoms with Gasteiger partial charge in [0.15, 0.2) is 5.96 Å². The zero-order valence-corrected chi connectivity index (χ0v) is 17.3. The minimum atomic E-state index is 0. The molecular weight excluding hydrogens is 401 g/mol. The molecule has 0 aromatic carbocycles. The van der Waals surface area contributed by atoms with Crippen LogP contribution in [0.4, 0.5) is 0 Å². The Morgan fingerprint density at radius 2 is 2.09 bits per heavy atom. The normalized spacial score (nSPS) is 16.3. The molecular formula is C18H36IN3O. The van der Waals surface area contributed by atoms with Gasteiger partial charge in [0, 0.05) is 26.2 Å². The molecule has 0 saturated carbocycles. The standard InChI is InChI=1S/C18H35N3O.HI/c1-3-8-17(12-14-22)15-21-18(19-4-2)20-13-11-16-9-6-5-7-10-16;/h9,17,22H,3-8,10-15H2,1-2H3,(H2,19,20,21);1H. The Balaban J connectivity index is 0.00000484. The van der Waals surface area contributed by atoms with E-state index in [-0.39, 0.29) is 30.6 Å². The fourth-order valence-electron chi connectivity index (χ4n) is 2.95. The van der Waals surface area contributed by atoms with Gasteiger partial charge in [-0.2, -0.15) is 0 Å². The smallest absolute Gasteiger partial charge is 0.191 e. The highest BCUT2D eigenvalue weighted by Crippen LogP contribution is 2.19. The average molecular weight is 437 g/mol. The predicted molar refractivity (Wildman–Crippen MR) is 111 cm³/mol. The lowest BCUT2D eigenvalue weighted by molar-refractivity contribution is 0.253. The van der Waals surface area contributed by atoms with Crippen molar-refractivity contribution >= 4 is 29.9 Å². The van der Waals surface area contributed by atoms with E-state index in [1.807, 2.05) is 0 Å². The maximum atomic E-state index is 9.13. The van der Waals surface area contributed by atoms with Crippen LogP contribution in [0.1, 0.15) is 65.2 Å². The van der Waals surface area contributed by atoms with Crippen LogP contribution in [0.15, 0.2) is 16.6 Å². The summed E-state index contributed by atoms with van der Waals surface area (Å²) in [5.41, 5.74) is 1.60. The fourth-order valence-corrected chi connectivity index (χ4v) is 2.95. The number of aliphatic hydroxyl groups excluding tert-OH is 1.